The van der Waals surface area contributed by atoms with Crippen LogP contribution in [0.5, 0.6) is 11.2 Å². The van der Waals surface area contributed by atoms with Crippen LogP contribution in [0.15, 0.2) is 12.5 Å². The van der Waals surface area contributed by atoms with E-state index >= 15 is 0 Å². The molecule has 2 heterocycles. The van der Waals surface area contributed by atoms with E-state index in [0.717, 1.165) is 11.3 Å². The van der Waals surface area contributed by atoms with E-state index in [4.69, 9.17) is 9.84 Å². The molecule has 2 aromatic rings. The molecule has 78 valence electrons. The maximum atomic E-state index is 10.6. The first-order valence-electron chi connectivity index (χ1n) is 3.88. The first-order chi connectivity index (χ1) is 7.15. The van der Waals surface area contributed by atoms with Gasteiger partial charge in [0.15, 0.2) is 0 Å². The number of rotatable bonds is 3. The first kappa shape index (κ1) is 9.59. The lowest BCUT2D eigenvalue weighted by Gasteiger charge is -1.92. The summed E-state index contributed by atoms with van der Waals surface area (Å²) in [5, 5.41) is 12.7. The molecule has 0 aliphatic heterocycles. The third kappa shape index (κ3) is 2.10. The van der Waals surface area contributed by atoms with E-state index in [1.54, 1.807) is 7.05 Å². The Hall–Kier alpha value is -1.96. The SMILES string of the molecule is Cn1cnc(Oc2ncc(C(=O)O)s2)n1. The van der Waals surface area contributed by atoms with Crippen molar-refractivity contribution in [3.8, 4) is 11.2 Å². The van der Waals surface area contributed by atoms with Crippen LogP contribution in [-0.2, 0) is 7.05 Å². The molecule has 0 spiro atoms. The fourth-order valence-electron chi connectivity index (χ4n) is 0.849. The number of ether oxygens (including phenoxy) is 1. The van der Waals surface area contributed by atoms with Crippen LogP contribution in [0.3, 0.4) is 0 Å². The number of aromatic nitrogens is 4. The lowest BCUT2D eigenvalue weighted by molar-refractivity contribution is 0.0702. The standard InChI is InChI=1S/C7H6N4O3S/c1-11-3-9-6(10-11)14-7-8-2-4(15-7)5(12)13/h2-3H,1H3,(H,12,13). The Labute approximate surface area is 88.0 Å². The molecule has 0 atom stereocenters. The molecule has 0 aromatic carbocycles. The van der Waals surface area contributed by atoms with Gasteiger partial charge < -0.3 is 9.84 Å². The van der Waals surface area contributed by atoms with Gasteiger partial charge in [-0.2, -0.15) is 4.98 Å². The molecule has 15 heavy (non-hydrogen) atoms. The summed E-state index contributed by atoms with van der Waals surface area (Å²) in [5.41, 5.74) is 0. The van der Waals surface area contributed by atoms with Gasteiger partial charge in [-0.25, -0.2) is 9.78 Å². The van der Waals surface area contributed by atoms with E-state index in [2.05, 4.69) is 15.1 Å². The quantitative estimate of drug-likeness (QED) is 0.830. The highest BCUT2D eigenvalue weighted by Gasteiger charge is 2.11. The number of carboxylic acid groups (broad SMARTS) is 1. The Morgan fingerprint density at radius 3 is 2.93 bits per heavy atom. The minimum atomic E-state index is -1.03. The van der Waals surface area contributed by atoms with Crippen LogP contribution in [-0.4, -0.2) is 30.8 Å². The summed E-state index contributed by atoms with van der Waals surface area (Å²) in [6, 6.07) is 0.142. The molecule has 0 radical (unpaired) electrons. The predicted octanol–water partition coefficient (Wildman–Crippen LogP) is 0.762. The molecule has 0 unspecified atom stereocenters. The third-order valence-corrected chi connectivity index (χ3v) is 2.32. The molecule has 0 saturated heterocycles. The molecular weight excluding hydrogens is 220 g/mol. The zero-order valence-corrected chi connectivity index (χ0v) is 8.43. The van der Waals surface area contributed by atoms with Crippen LogP contribution in [0.4, 0.5) is 0 Å². The Balaban J connectivity index is 2.14. The smallest absolute Gasteiger partial charge is 0.347 e. The van der Waals surface area contributed by atoms with Crippen molar-refractivity contribution in [2.45, 2.75) is 0 Å². The van der Waals surface area contributed by atoms with Crippen molar-refractivity contribution in [1.29, 1.82) is 0 Å². The number of carboxylic acids is 1. The molecule has 0 saturated carbocycles. The molecule has 0 amide bonds. The van der Waals surface area contributed by atoms with E-state index in [9.17, 15) is 4.79 Å². The van der Waals surface area contributed by atoms with Crippen molar-refractivity contribution in [1.82, 2.24) is 19.7 Å². The Morgan fingerprint density at radius 1 is 1.60 bits per heavy atom. The van der Waals surface area contributed by atoms with Crippen molar-refractivity contribution in [2.75, 3.05) is 0 Å². The molecule has 1 N–H and O–H groups in total. The fraction of sp³-hybridized carbons (Fsp3) is 0.143. The number of nitrogens with zero attached hydrogens (tertiary/aromatic N) is 4. The predicted molar refractivity (Wildman–Crippen MR) is 50.2 cm³/mol. The zero-order valence-electron chi connectivity index (χ0n) is 7.62. The lowest BCUT2D eigenvalue weighted by atomic mass is 10.6. The zero-order chi connectivity index (χ0) is 10.8. The van der Waals surface area contributed by atoms with E-state index in [1.165, 1.54) is 17.2 Å². The third-order valence-electron chi connectivity index (χ3n) is 1.45. The largest absolute Gasteiger partial charge is 0.477 e. The molecule has 0 aliphatic carbocycles. The maximum Gasteiger partial charge on any atom is 0.347 e. The van der Waals surface area contributed by atoms with Crippen molar-refractivity contribution >= 4 is 17.3 Å². The number of hydrogen-bond donors (Lipinski definition) is 1. The molecule has 0 bridgehead atoms. The summed E-state index contributed by atoms with van der Waals surface area (Å²) >= 11 is 0.923. The van der Waals surface area contributed by atoms with Crippen molar-refractivity contribution < 1.29 is 14.6 Å². The van der Waals surface area contributed by atoms with Crippen molar-refractivity contribution in [3.05, 3.63) is 17.4 Å². The van der Waals surface area contributed by atoms with Gasteiger partial charge in [-0.3, -0.25) is 4.68 Å². The number of aryl methyl sites for hydroxylation is 1. The van der Waals surface area contributed by atoms with Crippen LogP contribution < -0.4 is 4.74 Å². The Kier molecular flexibility index (Phi) is 2.34. The summed E-state index contributed by atoms with van der Waals surface area (Å²) in [6.45, 7) is 0. The van der Waals surface area contributed by atoms with Crippen LogP contribution >= 0.6 is 11.3 Å². The maximum absolute atomic E-state index is 10.6. The summed E-state index contributed by atoms with van der Waals surface area (Å²) in [7, 11) is 1.70. The molecule has 7 nitrogen and oxygen atoms in total. The fourth-order valence-corrected chi connectivity index (χ4v) is 1.45. The summed E-state index contributed by atoms with van der Waals surface area (Å²) in [6.07, 6.45) is 2.70. The summed E-state index contributed by atoms with van der Waals surface area (Å²) in [5.74, 6) is -1.03. The normalized spacial score (nSPS) is 10.2. The van der Waals surface area contributed by atoms with E-state index in [0.29, 0.717) is 0 Å². The monoisotopic (exact) mass is 226 g/mol. The number of hydrogen-bond acceptors (Lipinski definition) is 6. The van der Waals surface area contributed by atoms with Crippen LogP contribution in [0.1, 0.15) is 9.67 Å². The Bertz CT molecular complexity index is 492. The minimum Gasteiger partial charge on any atom is -0.477 e. The van der Waals surface area contributed by atoms with Gasteiger partial charge in [0.05, 0.1) is 6.20 Å². The van der Waals surface area contributed by atoms with E-state index in [1.807, 2.05) is 0 Å². The molecule has 0 fully saturated rings. The highest BCUT2D eigenvalue weighted by atomic mass is 32.1. The lowest BCUT2D eigenvalue weighted by Crippen LogP contribution is -1.90. The first-order valence-corrected chi connectivity index (χ1v) is 4.69. The molecule has 8 heteroatoms. The van der Waals surface area contributed by atoms with Crippen molar-refractivity contribution in [3.63, 3.8) is 0 Å². The topological polar surface area (TPSA) is 90.1 Å². The molecule has 2 rings (SSSR count). The van der Waals surface area contributed by atoms with Gasteiger partial charge in [0, 0.05) is 7.05 Å². The second-order valence-corrected chi connectivity index (χ2v) is 3.59. The van der Waals surface area contributed by atoms with Gasteiger partial charge in [0.1, 0.15) is 11.2 Å². The average molecular weight is 226 g/mol. The van der Waals surface area contributed by atoms with Gasteiger partial charge in [-0.1, -0.05) is 11.3 Å². The average Bonchev–Trinajstić information content (AvgIpc) is 2.76. The second kappa shape index (κ2) is 3.65. The van der Waals surface area contributed by atoms with Crippen LogP contribution in [0, 0.1) is 0 Å². The summed E-state index contributed by atoms with van der Waals surface area (Å²) < 4.78 is 6.60. The number of carbonyl (C=O) groups is 1. The van der Waals surface area contributed by atoms with Gasteiger partial charge >= 0.3 is 12.0 Å². The van der Waals surface area contributed by atoms with Gasteiger partial charge in [-0.05, 0) is 0 Å². The highest BCUT2D eigenvalue weighted by molar-refractivity contribution is 7.15. The Morgan fingerprint density at radius 2 is 2.40 bits per heavy atom. The molecular formula is C7H6N4O3S. The molecule has 2 aromatic heterocycles. The van der Waals surface area contributed by atoms with Crippen LogP contribution in [0.2, 0.25) is 0 Å². The second-order valence-electron chi connectivity index (χ2n) is 2.60. The highest BCUT2D eigenvalue weighted by Crippen LogP contribution is 2.23. The van der Waals surface area contributed by atoms with Crippen LogP contribution in [0.25, 0.3) is 0 Å². The van der Waals surface area contributed by atoms with Gasteiger partial charge in [-0.15, -0.1) is 5.10 Å². The van der Waals surface area contributed by atoms with Gasteiger partial charge in [0.2, 0.25) is 0 Å². The van der Waals surface area contributed by atoms with Crippen molar-refractivity contribution in [2.24, 2.45) is 7.05 Å². The summed E-state index contributed by atoms with van der Waals surface area (Å²) in [4.78, 5) is 18.2. The number of aromatic carboxylic acids is 1. The van der Waals surface area contributed by atoms with E-state index in [-0.39, 0.29) is 16.1 Å². The minimum absolute atomic E-state index is 0.112. The van der Waals surface area contributed by atoms with Gasteiger partial charge in [0.25, 0.3) is 5.19 Å². The van der Waals surface area contributed by atoms with E-state index < -0.39 is 5.97 Å². The molecule has 0 aliphatic rings. The number of thiazole rings is 1.